The van der Waals surface area contributed by atoms with Crippen LogP contribution in [-0.2, 0) is 19.0 Å². The summed E-state index contributed by atoms with van der Waals surface area (Å²) in [6.07, 6.45) is 1.25. The molecule has 0 aliphatic carbocycles. The second kappa shape index (κ2) is 56.1. The highest BCUT2D eigenvalue weighted by molar-refractivity contribution is 5.89. The number of benzene rings is 4. The van der Waals surface area contributed by atoms with E-state index in [0.717, 1.165) is 5.75 Å². The highest BCUT2D eigenvalue weighted by Crippen LogP contribution is 2.11. The van der Waals surface area contributed by atoms with E-state index in [-0.39, 0.29) is 11.8 Å². The van der Waals surface area contributed by atoms with Gasteiger partial charge in [0, 0.05) is 21.3 Å². The lowest BCUT2D eigenvalue weighted by Gasteiger charge is -2.03. The van der Waals surface area contributed by atoms with Gasteiger partial charge in [0.2, 0.25) is 0 Å². The highest BCUT2D eigenvalue weighted by atomic mass is 16.7. The van der Waals surface area contributed by atoms with Gasteiger partial charge in [-0.05, 0) is 50.6 Å². The fourth-order valence-electron chi connectivity index (χ4n) is 2.29. The fourth-order valence-corrected chi connectivity index (χ4v) is 2.29. The molecule has 4 aromatic carbocycles. The van der Waals surface area contributed by atoms with Crippen LogP contribution in [0.25, 0.3) is 0 Å². The molecule has 0 N–H and O–H groups in total. The average molecular weight is 683 g/mol. The van der Waals surface area contributed by atoms with Crippen molar-refractivity contribution in [2.45, 2.75) is 82.6 Å². The van der Waals surface area contributed by atoms with Gasteiger partial charge in [-0.1, -0.05) is 165 Å². The molecule has 0 fully saturated rings. The first-order valence-electron chi connectivity index (χ1n) is 16.9. The molecule has 49 heavy (non-hydrogen) atoms. The molecule has 6 heteroatoms. The van der Waals surface area contributed by atoms with Gasteiger partial charge in [0.1, 0.15) is 11.5 Å². The SMILES string of the molecule is CC.CC.CC.CC(C)=O.CCC.COC.COC(=O)c1ccccc1.COCOc1cccc(C)c1.c1ccccc1.c1ccccc1. The first-order chi connectivity index (χ1) is 23.7. The fraction of sp³-hybridized carbons (Fsp3) is 0.395. The Kier molecular flexibility index (Phi) is 65.3. The Labute approximate surface area is 301 Å². The molecule has 0 unspecified atom stereocenters. The van der Waals surface area contributed by atoms with Gasteiger partial charge in [-0.25, -0.2) is 4.79 Å². The molecule has 0 heterocycles. The van der Waals surface area contributed by atoms with Gasteiger partial charge < -0.3 is 23.7 Å². The molecule has 0 bridgehead atoms. The minimum absolute atomic E-state index is 0.167. The van der Waals surface area contributed by atoms with Crippen molar-refractivity contribution >= 4 is 11.8 Å². The van der Waals surface area contributed by atoms with Gasteiger partial charge in [-0.15, -0.1) is 0 Å². The molecule has 0 aliphatic heterocycles. The van der Waals surface area contributed by atoms with E-state index in [9.17, 15) is 9.59 Å². The molecule has 278 valence electrons. The minimum atomic E-state index is -0.291. The van der Waals surface area contributed by atoms with Gasteiger partial charge in [0.05, 0.1) is 12.7 Å². The highest BCUT2D eigenvalue weighted by Gasteiger charge is 2.00. The van der Waals surface area contributed by atoms with Gasteiger partial charge in [-0.2, -0.15) is 0 Å². The number of ketones is 1. The number of Topliss-reactive ketones (excluding diaryl/α,β-unsaturated/α-hetero) is 1. The van der Waals surface area contributed by atoms with Gasteiger partial charge in [-0.3, -0.25) is 0 Å². The number of carbonyl (C=O) groups excluding carboxylic acids is 2. The first kappa shape index (κ1) is 57.0. The van der Waals surface area contributed by atoms with E-state index in [1.54, 1.807) is 45.6 Å². The van der Waals surface area contributed by atoms with Crippen LogP contribution in [0.15, 0.2) is 127 Å². The number of rotatable bonds is 4. The van der Waals surface area contributed by atoms with E-state index in [1.165, 1.54) is 32.9 Å². The van der Waals surface area contributed by atoms with Crippen molar-refractivity contribution in [3.8, 4) is 5.75 Å². The number of aryl methyl sites for hydroxylation is 1. The van der Waals surface area contributed by atoms with Gasteiger partial charge >= 0.3 is 5.97 Å². The summed E-state index contributed by atoms with van der Waals surface area (Å²) >= 11 is 0. The molecular formula is C43H70O6. The summed E-state index contributed by atoms with van der Waals surface area (Å²) in [5.41, 5.74) is 1.78. The lowest BCUT2D eigenvalue weighted by molar-refractivity contribution is -0.115. The largest absolute Gasteiger partial charge is 0.468 e. The number of ether oxygens (including phenoxy) is 4. The smallest absolute Gasteiger partial charge is 0.337 e. The van der Waals surface area contributed by atoms with Crippen molar-refractivity contribution in [2.24, 2.45) is 0 Å². The minimum Gasteiger partial charge on any atom is -0.468 e. The Morgan fingerprint density at radius 2 is 0.857 bits per heavy atom. The molecule has 4 rings (SSSR count). The topological polar surface area (TPSA) is 71.1 Å². The zero-order chi connectivity index (χ0) is 39.0. The van der Waals surface area contributed by atoms with E-state index in [0.29, 0.717) is 12.4 Å². The zero-order valence-corrected chi connectivity index (χ0v) is 33.5. The third-order valence-corrected chi connectivity index (χ3v) is 3.86. The number of hydrogen-bond donors (Lipinski definition) is 0. The predicted octanol–water partition coefficient (Wildman–Crippen LogP) is 12.2. The summed E-state index contributed by atoms with van der Waals surface area (Å²) in [5.74, 6) is 0.729. The van der Waals surface area contributed by atoms with Crippen molar-refractivity contribution in [3.63, 3.8) is 0 Å². The second-order valence-corrected chi connectivity index (χ2v) is 8.56. The molecule has 0 amide bonds. The molecule has 4 aromatic rings. The second-order valence-electron chi connectivity index (χ2n) is 8.56. The quantitative estimate of drug-likeness (QED) is 0.158. The number of esters is 1. The van der Waals surface area contributed by atoms with Crippen molar-refractivity contribution in [3.05, 3.63) is 139 Å². The summed E-state index contributed by atoms with van der Waals surface area (Å²) < 4.78 is 18.7. The van der Waals surface area contributed by atoms with Gasteiger partial charge in [0.15, 0.2) is 6.79 Å². The predicted molar refractivity (Wildman–Crippen MR) is 214 cm³/mol. The third-order valence-electron chi connectivity index (χ3n) is 3.86. The van der Waals surface area contributed by atoms with Crippen molar-refractivity contribution in [1.82, 2.24) is 0 Å². The van der Waals surface area contributed by atoms with E-state index in [1.807, 2.05) is 152 Å². The van der Waals surface area contributed by atoms with Crippen LogP contribution < -0.4 is 4.74 Å². The molecular weight excluding hydrogens is 612 g/mol. The normalized spacial score (nSPS) is 7.57. The summed E-state index contributed by atoms with van der Waals surface area (Å²) in [4.78, 5) is 20.2. The van der Waals surface area contributed by atoms with Crippen LogP contribution in [0.4, 0.5) is 0 Å². The van der Waals surface area contributed by atoms with Crippen molar-refractivity contribution in [1.29, 1.82) is 0 Å². The van der Waals surface area contributed by atoms with E-state index < -0.39 is 0 Å². The van der Waals surface area contributed by atoms with Gasteiger partial charge in [0.25, 0.3) is 0 Å². The van der Waals surface area contributed by atoms with Crippen molar-refractivity contribution < 1.29 is 28.5 Å². The summed E-state index contributed by atoms with van der Waals surface area (Å²) in [7, 11) is 6.23. The maximum Gasteiger partial charge on any atom is 0.337 e. The maximum absolute atomic E-state index is 10.8. The summed E-state index contributed by atoms with van der Waals surface area (Å²) in [5, 5.41) is 0. The molecule has 0 atom stereocenters. The molecule has 0 saturated carbocycles. The Balaban J connectivity index is -0.000000112. The summed E-state index contributed by atoms with van der Waals surface area (Å²) in [6.45, 7) is 21.6. The van der Waals surface area contributed by atoms with Crippen LogP contribution in [0.5, 0.6) is 5.75 Å². The monoisotopic (exact) mass is 683 g/mol. The van der Waals surface area contributed by atoms with Crippen molar-refractivity contribution in [2.75, 3.05) is 35.2 Å². The average Bonchev–Trinajstić information content (AvgIpc) is 3.16. The molecule has 0 aliphatic rings. The maximum atomic E-state index is 10.8. The Morgan fingerprint density at radius 3 is 1.12 bits per heavy atom. The molecule has 0 saturated heterocycles. The van der Waals surface area contributed by atoms with Crippen LogP contribution in [-0.4, -0.2) is 47.0 Å². The first-order valence-corrected chi connectivity index (χ1v) is 16.9. The van der Waals surface area contributed by atoms with Crippen LogP contribution >= 0.6 is 0 Å². The van der Waals surface area contributed by atoms with Crippen LogP contribution in [0, 0.1) is 6.92 Å². The molecule has 0 spiro atoms. The number of methoxy groups -OCH3 is 3. The van der Waals surface area contributed by atoms with Crippen LogP contribution in [0.1, 0.15) is 91.6 Å². The standard InChI is InChI=1S/C9H12O2.C8H8O2.2C6H6.C3H6O.C3H8.C2H6O.3C2H6/c1-8-4-3-5-9(6-8)11-7-10-2;1-10-8(9)7-5-3-2-4-6-7;2*1-2-4-6-5-3-1;1-3(2)4;2*1-3-2;3*1-2/h3-6H,7H2,1-2H3;2-6H,1H3;2*1-6H;1-2H3;3H2,1-2H3;1-2H3;3*1-2H3. The van der Waals surface area contributed by atoms with E-state index in [4.69, 9.17) is 9.47 Å². The zero-order valence-electron chi connectivity index (χ0n) is 33.5. The van der Waals surface area contributed by atoms with E-state index in [2.05, 4.69) is 23.3 Å². The van der Waals surface area contributed by atoms with Crippen LogP contribution in [0.2, 0.25) is 0 Å². The summed E-state index contributed by atoms with van der Waals surface area (Å²) in [6, 6.07) is 40.7. The lowest BCUT2D eigenvalue weighted by atomic mass is 10.2. The molecule has 0 aromatic heterocycles. The van der Waals surface area contributed by atoms with Crippen LogP contribution in [0.3, 0.4) is 0 Å². The van der Waals surface area contributed by atoms with E-state index >= 15 is 0 Å². The Hall–Kier alpha value is -4.26. The number of hydrogen-bond acceptors (Lipinski definition) is 6. The number of carbonyl (C=O) groups is 2. The molecule has 6 nitrogen and oxygen atoms in total. The Morgan fingerprint density at radius 1 is 0.551 bits per heavy atom. The third kappa shape index (κ3) is 59.7. The Bertz CT molecular complexity index is 998. The lowest BCUT2D eigenvalue weighted by Crippen LogP contribution is -1.99. The molecule has 0 radical (unpaired) electrons.